The molecule has 0 spiro atoms. The van der Waals surface area contributed by atoms with E-state index in [1.54, 1.807) is 0 Å². The van der Waals surface area contributed by atoms with Gasteiger partial charge in [0, 0.05) is 11.1 Å². The zero-order valence-electron chi connectivity index (χ0n) is 14.3. The van der Waals surface area contributed by atoms with E-state index in [1.165, 1.54) is 48.5 Å². The largest absolute Gasteiger partial charge is 0.508 e. The van der Waals surface area contributed by atoms with Crippen molar-refractivity contribution >= 4 is 56.5 Å². The van der Waals surface area contributed by atoms with E-state index in [4.69, 9.17) is 46.4 Å². The average molecular weight is 494 g/mol. The molecule has 3 rings (SSSR count). The molecule has 1 unspecified atom stereocenters. The second kappa shape index (κ2) is 7.87. The van der Waals surface area contributed by atoms with Crippen LogP contribution in [0.4, 0.5) is 0 Å². The van der Waals surface area contributed by atoms with Crippen LogP contribution in [0.15, 0.2) is 54.6 Å². The highest BCUT2D eigenvalue weighted by molar-refractivity contribution is 7.87. The molecule has 10 heteroatoms. The van der Waals surface area contributed by atoms with E-state index < -0.39 is 26.4 Å². The van der Waals surface area contributed by atoms with Crippen LogP contribution in [0.2, 0.25) is 20.1 Å². The van der Waals surface area contributed by atoms with E-state index in [0.717, 1.165) is 6.07 Å². The van der Waals surface area contributed by atoms with Gasteiger partial charge in [-0.15, -0.1) is 0 Å². The number of aromatic hydroxyl groups is 2. The van der Waals surface area contributed by atoms with E-state index in [1.807, 2.05) is 0 Å². The molecule has 0 fully saturated rings. The van der Waals surface area contributed by atoms with Gasteiger partial charge < -0.3 is 10.2 Å². The highest BCUT2D eigenvalue weighted by Gasteiger charge is 2.51. The number of halogens is 4. The van der Waals surface area contributed by atoms with E-state index in [0.29, 0.717) is 0 Å². The van der Waals surface area contributed by atoms with E-state index >= 15 is 0 Å². The third-order valence-electron chi connectivity index (χ3n) is 4.44. The van der Waals surface area contributed by atoms with Crippen molar-refractivity contribution in [3.8, 4) is 11.5 Å². The predicted molar refractivity (Wildman–Crippen MR) is 114 cm³/mol. The summed E-state index contributed by atoms with van der Waals surface area (Å²) >= 11 is 24.4. The van der Waals surface area contributed by atoms with Gasteiger partial charge in [-0.3, -0.25) is 4.55 Å². The summed E-state index contributed by atoms with van der Waals surface area (Å²) in [4.78, 5) is 0. The van der Waals surface area contributed by atoms with Crippen molar-refractivity contribution in [3.05, 3.63) is 91.4 Å². The predicted octanol–water partition coefficient (Wildman–Crippen LogP) is 5.89. The fourth-order valence-corrected chi connectivity index (χ4v) is 5.32. The Morgan fingerprint density at radius 2 is 1.38 bits per heavy atom. The van der Waals surface area contributed by atoms with Crippen molar-refractivity contribution in [2.45, 2.75) is 4.75 Å². The molecule has 152 valence electrons. The first-order chi connectivity index (χ1) is 13.5. The summed E-state index contributed by atoms with van der Waals surface area (Å²) in [6.07, 6.45) is 0. The molecule has 0 amide bonds. The summed E-state index contributed by atoms with van der Waals surface area (Å²) in [6, 6.07) is 11.7. The molecule has 0 radical (unpaired) electrons. The zero-order valence-corrected chi connectivity index (χ0v) is 18.1. The molecule has 0 saturated heterocycles. The van der Waals surface area contributed by atoms with Gasteiger partial charge in [0.1, 0.15) is 16.5 Å². The van der Waals surface area contributed by atoms with Crippen LogP contribution in [-0.2, 0) is 14.9 Å². The Bertz CT molecular complexity index is 1210. The molecule has 0 aliphatic rings. The van der Waals surface area contributed by atoms with Gasteiger partial charge in [0.2, 0.25) is 0 Å². The topological polar surface area (TPSA) is 94.8 Å². The van der Waals surface area contributed by atoms with Gasteiger partial charge in [0.15, 0.2) is 4.75 Å². The number of benzene rings is 3. The van der Waals surface area contributed by atoms with Crippen LogP contribution in [0.5, 0.6) is 11.5 Å². The Morgan fingerprint density at radius 3 is 1.97 bits per heavy atom. The summed E-state index contributed by atoms with van der Waals surface area (Å²) in [6.45, 7) is 0. The molecule has 29 heavy (non-hydrogen) atoms. The third-order valence-corrected chi connectivity index (χ3v) is 7.50. The highest BCUT2D eigenvalue weighted by Crippen LogP contribution is 2.51. The molecule has 0 aliphatic heterocycles. The second-order valence-electron chi connectivity index (χ2n) is 6.06. The van der Waals surface area contributed by atoms with Gasteiger partial charge >= 0.3 is 0 Å². The van der Waals surface area contributed by atoms with Gasteiger partial charge in [0.05, 0.1) is 15.1 Å². The van der Waals surface area contributed by atoms with Gasteiger partial charge in [0.25, 0.3) is 10.1 Å². The SMILES string of the molecule is O=S(=O)(O)C(c1ccc(Cl)c(Cl)c1)(c1ccccc1O)c1ccc(O)c(Cl)c1Cl. The lowest BCUT2D eigenvalue weighted by Gasteiger charge is -2.34. The van der Waals surface area contributed by atoms with E-state index in [9.17, 15) is 23.2 Å². The van der Waals surface area contributed by atoms with Gasteiger partial charge in [-0.2, -0.15) is 8.42 Å². The smallest absolute Gasteiger partial charge is 0.283 e. The number of hydrogen-bond acceptors (Lipinski definition) is 4. The molecule has 0 aromatic heterocycles. The summed E-state index contributed by atoms with van der Waals surface area (Å²) in [5, 5.41) is 19.9. The third kappa shape index (κ3) is 3.54. The first-order valence-electron chi connectivity index (χ1n) is 7.90. The number of hydrogen-bond donors (Lipinski definition) is 3. The van der Waals surface area contributed by atoms with Crippen LogP contribution in [0.1, 0.15) is 16.7 Å². The molecule has 3 N–H and O–H groups in total. The molecule has 3 aromatic carbocycles. The van der Waals surface area contributed by atoms with Gasteiger partial charge in [-0.05, 0) is 29.8 Å². The van der Waals surface area contributed by atoms with Crippen LogP contribution < -0.4 is 0 Å². The first kappa shape index (κ1) is 22.0. The van der Waals surface area contributed by atoms with Crippen LogP contribution in [0.25, 0.3) is 0 Å². The molecule has 0 saturated carbocycles. The lowest BCUT2D eigenvalue weighted by atomic mass is 9.83. The Labute approximate surface area is 186 Å². The normalized spacial score (nSPS) is 13.8. The molecule has 5 nitrogen and oxygen atoms in total. The molecular formula is C19H12Cl4O5S. The lowest BCUT2D eigenvalue weighted by molar-refractivity contribution is 0.440. The Hall–Kier alpha value is -1.67. The Kier molecular flexibility index (Phi) is 5.98. The summed E-state index contributed by atoms with van der Waals surface area (Å²) < 4.78 is 34.0. The van der Waals surface area contributed by atoms with Gasteiger partial charge in [-0.1, -0.05) is 76.7 Å². The van der Waals surface area contributed by atoms with E-state index in [2.05, 4.69) is 0 Å². The van der Waals surface area contributed by atoms with Crippen LogP contribution in [-0.4, -0.2) is 23.2 Å². The average Bonchev–Trinajstić information content (AvgIpc) is 2.65. The maximum absolute atomic E-state index is 13.0. The van der Waals surface area contributed by atoms with E-state index in [-0.39, 0.29) is 36.8 Å². The minimum atomic E-state index is -5.08. The number of phenolic OH excluding ortho intramolecular Hbond substituents is 2. The lowest BCUT2D eigenvalue weighted by Crippen LogP contribution is -2.38. The maximum atomic E-state index is 13.0. The highest BCUT2D eigenvalue weighted by atomic mass is 35.5. The van der Waals surface area contributed by atoms with Crippen molar-refractivity contribution in [2.75, 3.05) is 0 Å². The number of para-hydroxylation sites is 1. The number of rotatable bonds is 4. The first-order valence-corrected chi connectivity index (χ1v) is 10.9. The van der Waals surface area contributed by atoms with Crippen molar-refractivity contribution in [2.24, 2.45) is 0 Å². The van der Waals surface area contributed by atoms with Crippen LogP contribution in [0, 0.1) is 0 Å². The summed E-state index contributed by atoms with van der Waals surface area (Å²) in [5.41, 5.74) is -0.464. The number of phenols is 2. The Morgan fingerprint density at radius 1 is 0.724 bits per heavy atom. The maximum Gasteiger partial charge on any atom is 0.283 e. The molecule has 0 bridgehead atoms. The molecule has 1 atom stereocenters. The molecule has 3 aromatic rings. The van der Waals surface area contributed by atoms with Crippen molar-refractivity contribution in [1.29, 1.82) is 0 Å². The zero-order chi connectivity index (χ0) is 21.6. The standard InChI is InChI=1S/C19H12Cl4O5S/c20-13-7-5-10(9-14(13)21)19(29(26,27)28,11-3-1-2-4-15(11)24)12-6-8-16(25)18(23)17(12)22/h1-9,24-25H,(H,26,27,28). The minimum Gasteiger partial charge on any atom is -0.508 e. The molecule has 0 heterocycles. The fourth-order valence-electron chi connectivity index (χ4n) is 3.18. The van der Waals surface area contributed by atoms with Crippen molar-refractivity contribution in [1.82, 2.24) is 0 Å². The molecular weight excluding hydrogens is 482 g/mol. The fraction of sp³-hybridized carbons (Fsp3) is 0.0526. The summed E-state index contributed by atoms with van der Waals surface area (Å²) in [5.74, 6) is -0.826. The summed E-state index contributed by atoms with van der Waals surface area (Å²) in [7, 11) is -5.08. The Balaban J connectivity index is 2.61. The quantitative estimate of drug-likeness (QED) is 0.311. The van der Waals surface area contributed by atoms with Gasteiger partial charge in [-0.25, -0.2) is 0 Å². The van der Waals surface area contributed by atoms with Crippen molar-refractivity contribution in [3.63, 3.8) is 0 Å². The molecule has 0 aliphatic carbocycles. The van der Waals surface area contributed by atoms with Crippen molar-refractivity contribution < 1.29 is 23.2 Å². The van der Waals surface area contributed by atoms with Crippen LogP contribution in [0.3, 0.4) is 0 Å². The monoisotopic (exact) mass is 492 g/mol. The van der Waals surface area contributed by atoms with Crippen LogP contribution >= 0.6 is 46.4 Å². The second-order valence-corrected chi connectivity index (χ2v) is 9.20. The minimum absolute atomic E-state index is 0.00797.